The number of aryl methyl sites for hydroxylation is 1. The second-order valence-corrected chi connectivity index (χ2v) is 4.51. The molecule has 2 aromatic rings. The average Bonchev–Trinajstić information content (AvgIpc) is 2.43. The van der Waals surface area contributed by atoms with E-state index in [4.69, 9.17) is 4.74 Å². The van der Waals surface area contributed by atoms with E-state index in [1.807, 2.05) is 37.3 Å². The van der Waals surface area contributed by atoms with E-state index in [0.717, 1.165) is 17.7 Å². The van der Waals surface area contributed by atoms with Crippen LogP contribution in [0, 0.1) is 12.7 Å². The molecule has 0 aliphatic heterocycles. The Labute approximate surface area is 113 Å². The predicted molar refractivity (Wildman–Crippen MR) is 76.3 cm³/mol. The van der Waals surface area contributed by atoms with Gasteiger partial charge in [0.25, 0.3) is 0 Å². The third-order valence-corrected chi connectivity index (χ3v) is 3.01. The monoisotopic (exact) mass is 259 g/mol. The summed E-state index contributed by atoms with van der Waals surface area (Å²) < 4.78 is 18.6. The largest absolute Gasteiger partial charge is 0.497 e. The van der Waals surface area contributed by atoms with Gasteiger partial charge in [-0.15, -0.1) is 0 Å². The van der Waals surface area contributed by atoms with Crippen molar-refractivity contribution in [1.29, 1.82) is 0 Å². The number of methoxy groups -OCH3 is 1. The summed E-state index contributed by atoms with van der Waals surface area (Å²) in [6.45, 7) is 2.65. The summed E-state index contributed by atoms with van der Waals surface area (Å²) in [4.78, 5) is 0. The predicted octanol–water partition coefficient (Wildman–Crippen LogP) is 3.80. The lowest BCUT2D eigenvalue weighted by Crippen LogP contribution is -2.06. The number of rotatable bonds is 5. The van der Waals surface area contributed by atoms with Gasteiger partial charge in [-0.1, -0.05) is 18.2 Å². The maximum absolute atomic E-state index is 13.5. The van der Waals surface area contributed by atoms with Gasteiger partial charge in [0.1, 0.15) is 11.6 Å². The summed E-state index contributed by atoms with van der Waals surface area (Å²) in [5.74, 6) is 0.641. The topological polar surface area (TPSA) is 21.3 Å². The van der Waals surface area contributed by atoms with E-state index >= 15 is 0 Å². The Kier molecular flexibility index (Phi) is 4.39. The highest BCUT2D eigenvalue weighted by Crippen LogP contribution is 2.16. The zero-order valence-electron chi connectivity index (χ0n) is 11.2. The van der Waals surface area contributed by atoms with Crippen LogP contribution in [-0.2, 0) is 6.42 Å². The van der Waals surface area contributed by atoms with Gasteiger partial charge < -0.3 is 10.1 Å². The lowest BCUT2D eigenvalue weighted by atomic mass is 10.1. The SMILES string of the molecule is COc1ccc(CCNc2cc(C)ccc2F)cc1. The Morgan fingerprint density at radius 3 is 2.53 bits per heavy atom. The summed E-state index contributed by atoms with van der Waals surface area (Å²) >= 11 is 0. The van der Waals surface area contributed by atoms with Gasteiger partial charge in [0.15, 0.2) is 0 Å². The molecule has 0 radical (unpaired) electrons. The molecule has 2 nitrogen and oxygen atoms in total. The summed E-state index contributed by atoms with van der Waals surface area (Å²) in [5.41, 5.74) is 2.81. The minimum Gasteiger partial charge on any atom is -0.497 e. The Balaban J connectivity index is 1.90. The molecule has 1 N–H and O–H groups in total. The molecule has 3 heteroatoms. The molecule has 0 amide bonds. The lowest BCUT2D eigenvalue weighted by Gasteiger charge is -2.09. The fourth-order valence-corrected chi connectivity index (χ4v) is 1.91. The van der Waals surface area contributed by atoms with Gasteiger partial charge in [-0.2, -0.15) is 0 Å². The highest BCUT2D eigenvalue weighted by atomic mass is 19.1. The van der Waals surface area contributed by atoms with Gasteiger partial charge in [0.2, 0.25) is 0 Å². The first kappa shape index (κ1) is 13.4. The Morgan fingerprint density at radius 2 is 1.84 bits per heavy atom. The molecule has 0 aliphatic rings. The molecule has 0 saturated heterocycles. The molecule has 2 rings (SSSR count). The normalized spacial score (nSPS) is 10.3. The highest BCUT2D eigenvalue weighted by Gasteiger charge is 2.01. The van der Waals surface area contributed by atoms with Crippen LogP contribution in [-0.4, -0.2) is 13.7 Å². The zero-order valence-corrected chi connectivity index (χ0v) is 11.2. The Hall–Kier alpha value is -2.03. The van der Waals surface area contributed by atoms with Crippen LogP contribution in [0.15, 0.2) is 42.5 Å². The number of nitrogens with one attached hydrogen (secondary N) is 1. The summed E-state index contributed by atoms with van der Waals surface area (Å²) in [6.07, 6.45) is 0.845. The van der Waals surface area contributed by atoms with Gasteiger partial charge in [0, 0.05) is 6.54 Å². The van der Waals surface area contributed by atoms with Crippen LogP contribution in [0.5, 0.6) is 5.75 Å². The third kappa shape index (κ3) is 3.71. The minimum atomic E-state index is -0.208. The first-order chi connectivity index (χ1) is 9.19. The fourth-order valence-electron chi connectivity index (χ4n) is 1.91. The highest BCUT2D eigenvalue weighted by molar-refractivity contribution is 5.47. The molecule has 2 aromatic carbocycles. The fraction of sp³-hybridized carbons (Fsp3) is 0.250. The van der Waals surface area contributed by atoms with Crippen molar-refractivity contribution in [3.8, 4) is 5.75 Å². The second kappa shape index (κ2) is 6.23. The number of benzene rings is 2. The van der Waals surface area contributed by atoms with Crippen LogP contribution < -0.4 is 10.1 Å². The Morgan fingerprint density at radius 1 is 1.11 bits per heavy atom. The standard InChI is InChI=1S/C16H18FNO/c1-12-3-8-15(17)16(11-12)18-10-9-13-4-6-14(19-2)7-5-13/h3-8,11,18H,9-10H2,1-2H3. The van der Waals surface area contributed by atoms with Crippen molar-refractivity contribution in [3.05, 3.63) is 59.4 Å². The Bertz CT molecular complexity index is 537. The molecule has 0 saturated carbocycles. The molecule has 0 atom stereocenters. The van der Waals surface area contributed by atoms with Crippen LogP contribution in [0.2, 0.25) is 0 Å². The van der Waals surface area contributed by atoms with E-state index in [9.17, 15) is 4.39 Å². The smallest absolute Gasteiger partial charge is 0.146 e. The average molecular weight is 259 g/mol. The van der Waals surface area contributed by atoms with Crippen LogP contribution in [0.4, 0.5) is 10.1 Å². The van der Waals surface area contributed by atoms with E-state index in [1.54, 1.807) is 13.2 Å². The molecular weight excluding hydrogens is 241 g/mol. The van der Waals surface area contributed by atoms with Crippen LogP contribution in [0.3, 0.4) is 0 Å². The van der Waals surface area contributed by atoms with E-state index in [0.29, 0.717) is 12.2 Å². The van der Waals surface area contributed by atoms with Crippen molar-refractivity contribution >= 4 is 5.69 Å². The summed E-state index contributed by atoms with van der Waals surface area (Å²) in [6, 6.07) is 13.0. The molecule has 0 aromatic heterocycles. The van der Waals surface area contributed by atoms with Gasteiger partial charge in [-0.25, -0.2) is 4.39 Å². The molecule has 0 bridgehead atoms. The van der Waals surface area contributed by atoms with E-state index in [-0.39, 0.29) is 5.82 Å². The van der Waals surface area contributed by atoms with Gasteiger partial charge in [0.05, 0.1) is 12.8 Å². The molecule has 0 unspecified atom stereocenters. The van der Waals surface area contributed by atoms with Gasteiger partial charge in [-0.3, -0.25) is 0 Å². The first-order valence-electron chi connectivity index (χ1n) is 6.32. The quantitative estimate of drug-likeness (QED) is 0.882. The molecule has 0 fully saturated rings. The van der Waals surface area contributed by atoms with E-state index < -0.39 is 0 Å². The van der Waals surface area contributed by atoms with Gasteiger partial charge in [-0.05, 0) is 48.7 Å². The van der Waals surface area contributed by atoms with E-state index in [1.165, 1.54) is 11.6 Å². The second-order valence-electron chi connectivity index (χ2n) is 4.51. The molecule has 100 valence electrons. The minimum absolute atomic E-state index is 0.208. The van der Waals surface area contributed by atoms with Crippen molar-refractivity contribution in [2.75, 3.05) is 19.0 Å². The first-order valence-corrected chi connectivity index (χ1v) is 6.32. The zero-order chi connectivity index (χ0) is 13.7. The maximum Gasteiger partial charge on any atom is 0.146 e. The molecule has 19 heavy (non-hydrogen) atoms. The lowest BCUT2D eigenvalue weighted by molar-refractivity contribution is 0.414. The maximum atomic E-state index is 13.5. The molecule has 0 spiro atoms. The van der Waals surface area contributed by atoms with Crippen LogP contribution in [0.1, 0.15) is 11.1 Å². The molecular formula is C16H18FNO. The van der Waals surface area contributed by atoms with Gasteiger partial charge >= 0.3 is 0 Å². The summed E-state index contributed by atoms with van der Waals surface area (Å²) in [7, 11) is 1.65. The molecule has 0 aliphatic carbocycles. The van der Waals surface area contributed by atoms with Crippen molar-refractivity contribution in [2.45, 2.75) is 13.3 Å². The number of hydrogen-bond acceptors (Lipinski definition) is 2. The third-order valence-electron chi connectivity index (χ3n) is 3.01. The molecule has 0 heterocycles. The summed E-state index contributed by atoms with van der Waals surface area (Å²) in [5, 5.41) is 3.12. The van der Waals surface area contributed by atoms with Crippen molar-refractivity contribution in [1.82, 2.24) is 0 Å². The van der Waals surface area contributed by atoms with E-state index in [2.05, 4.69) is 5.32 Å². The number of halogens is 1. The van der Waals surface area contributed by atoms with Crippen LogP contribution >= 0.6 is 0 Å². The van der Waals surface area contributed by atoms with Crippen LogP contribution in [0.25, 0.3) is 0 Å². The van der Waals surface area contributed by atoms with Crippen molar-refractivity contribution < 1.29 is 9.13 Å². The number of hydrogen-bond donors (Lipinski definition) is 1. The number of anilines is 1. The van der Waals surface area contributed by atoms with Crippen molar-refractivity contribution in [2.24, 2.45) is 0 Å². The number of ether oxygens (including phenoxy) is 1. The van der Waals surface area contributed by atoms with Crippen molar-refractivity contribution in [3.63, 3.8) is 0 Å².